The first kappa shape index (κ1) is 17.4. The van der Waals surface area contributed by atoms with Gasteiger partial charge >= 0.3 is 5.97 Å². The van der Waals surface area contributed by atoms with Crippen LogP contribution in [0.3, 0.4) is 0 Å². The highest BCUT2D eigenvalue weighted by molar-refractivity contribution is 5.92. The number of ether oxygens (including phenoxy) is 1. The third-order valence-electron chi connectivity index (χ3n) is 3.75. The molecule has 0 saturated heterocycles. The van der Waals surface area contributed by atoms with E-state index in [4.69, 9.17) is 4.74 Å². The van der Waals surface area contributed by atoms with E-state index in [9.17, 15) is 9.90 Å². The molecule has 132 valence electrons. The Hall–Kier alpha value is -3.41. The molecule has 0 aliphatic heterocycles. The van der Waals surface area contributed by atoms with Crippen molar-refractivity contribution in [3.63, 3.8) is 0 Å². The lowest BCUT2D eigenvalue weighted by Gasteiger charge is -2.10. The Bertz CT molecular complexity index is 898. The second-order valence-corrected chi connectivity index (χ2v) is 5.55. The lowest BCUT2D eigenvalue weighted by Crippen LogP contribution is -2.05. The summed E-state index contributed by atoms with van der Waals surface area (Å²) in [5.41, 5.74) is 2.56. The van der Waals surface area contributed by atoms with E-state index in [1.54, 1.807) is 30.5 Å². The predicted octanol–water partition coefficient (Wildman–Crippen LogP) is 3.85. The number of carboxylic acids is 1. The molecule has 26 heavy (non-hydrogen) atoms. The Morgan fingerprint density at radius 3 is 2.69 bits per heavy atom. The molecule has 1 aromatic heterocycles. The SMILES string of the molecule is CCOc1ccc(-c2ccnc(NCc3ccccc3)n2)cc1C(=O)O. The predicted molar refractivity (Wildman–Crippen MR) is 99.4 cm³/mol. The average molecular weight is 349 g/mol. The number of benzene rings is 2. The minimum Gasteiger partial charge on any atom is -0.493 e. The van der Waals surface area contributed by atoms with Gasteiger partial charge in [0.05, 0.1) is 12.3 Å². The molecule has 0 aliphatic carbocycles. The van der Waals surface area contributed by atoms with Crippen molar-refractivity contribution in [1.82, 2.24) is 9.97 Å². The van der Waals surface area contributed by atoms with Crippen LogP contribution in [0.5, 0.6) is 5.75 Å². The number of carboxylic acid groups (broad SMARTS) is 1. The number of hydrogen-bond donors (Lipinski definition) is 2. The number of carbonyl (C=O) groups is 1. The number of nitrogens with one attached hydrogen (secondary N) is 1. The van der Waals surface area contributed by atoms with Crippen LogP contribution >= 0.6 is 0 Å². The Morgan fingerprint density at radius 1 is 1.15 bits per heavy atom. The van der Waals surface area contributed by atoms with E-state index < -0.39 is 5.97 Å². The van der Waals surface area contributed by atoms with Crippen LogP contribution in [0.15, 0.2) is 60.8 Å². The minimum atomic E-state index is -1.04. The highest BCUT2D eigenvalue weighted by atomic mass is 16.5. The molecule has 6 heteroatoms. The number of nitrogens with zero attached hydrogens (tertiary/aromatic N) is 2. The molecule has 0 fully saturated rings. The number of anilines is 1. The van der Waals surface area contributed by atoms with Crippen LogP contribution in [0.25, 0.3) is 11.3 Å². The molecule has 0 aliphatic rings. The summed E-state index contributed by atoms with van der Waals surface area (Å²) in [5.74, 6) is -0.205. The van der Waals surface area contributed by atoms with Crippen molar-refractivity contribution >= 4 is 11.9 Å². The maximum absolute atomic E-state index is 11.5. The molecule has 1 heterocycles. The molecule has 0 radical (unpaired) electrons. The second-order valence-electron chi connectivity index (χ2n) is 5.55. The monoisotopic (exact) mass is 349 g/mol. The summed E-state index contributed by atoms with van der Waals surface area (Å²) >= 11 is 0. The zero-order chi connectivity index (χ0) is 18.4. The van der Waals surface area contributed by atoms with Crippen LogP contribution in [0.4, 0.5) is 5.95 Å². The van der Waals surface area contributed by atoms with Crippen molar-refractivity contribution in [1.29, 1.82) is 0 Å². The fraction of sp³-hybridized carbons (Fsp3) is 0.150. The van der Waals surface area contributed by atoms with E-state index >= 15 is 0 Å². The summed E-state index contributed by atoms with van der Waals surface area (Å²) in [7, 11) is 0. The summed E-state index contributed by atoms with van der Waals surface area (Å²) in [5, 5.41) is 12.6. The largest absolute Gasteiger partial charge is 0.493 e. The molecule has 0 bridgehead atoms. The zero-order valence-corrected chi connectivity index (χ0v) is 14.3. The first-order valence-electron chi connectivity index (χ1n) is 8.28. The summed E-state index contributed by atoms with van der Waals surface area (Å²) < 4.78 is 5.37. The van der Waals surface area contributed by atoms with Crippen molar-refractivity contribution in [2.24, 2.45) is 0 Å². The van der Waals surface area contributed by atoms with E-state index in [2.05, 4.69) is 15.3 Å². The van der Waals surface area contributed by atoms with Gasteiger partial charge in [-0.2, -0.15) is 0 Å². The fourth-order valence-electron chi connectivity index (χ4n) is 2.52. The third kappa shape index (κ3) is 4.16. The number of aromatic nitrogens is 2. The Labute approximate surface area is 151 Å². The number of aromatic carboxylic acids is 1. The fourth-order valence-corrected chi connectivity index (χ4v) is 2.52. The van der Waals surface area contributed by atoms with Crippen molar-refractivity contribution < 1.29 is 14.6 Å². The lowest BCUT2D eigenvalue weighted by atomic mass is 10.1. The molecule has 2 N–H and O–H groups in total. The van der Waals surface area contributed by atoms with Gasteiger partial charge in [0.1, 0.15) is 11.3 Å². The molecular formula is C20H19N3O3. The third-order valence-corrected chi connectivity index (χ3v) is 3.75. The lowest BCUT2D eigenvalue weighted by molar-refractivity contribution is 0.0692. The highest BCUT2D eigenvalue weighted by Gasteiger charge is 2.13. The van der Waals surface area contributed by atoms with Crippen LogP contribution in [-0.4, -0.2) is 27.7 Å². The summed E-state index contributed by atoms with van der Waals surface area (Å²) in [6.45, 7) is 2.82. The van der Waals surface area contributed by atoms with Gasteiger partial charge in [0, 0.05) is 18.3 Å². The first-order valence-corrected chi connectivity index (χ1v) is 8.28. The van der Waals surface area contributed by atoms with Gasteiger partial charge in [-0.15, -0.1) is 0 Å². The van der Waals surface area contributed by atoms with Crippen LogP contribution in [0, 0.1) is 0 Å². The van der Waals surface area contributed by atoms with Gasteiger partial charge in [-0.25, -0.2) is 14.8 Å². The molecule has 0 saturated carbocycles. The smallest absolute Gasteiger partial charge is 0.339 e. The molecular weight excluding hydrogens is 330 g/mol. The average Bonchev–Trinajstić information content (AvgIpc) is 2.68. The molecule has 6 nitrogen and oxygen atoms in total. The molecule has 0 spiro atoms. The van der Waals surface area contributed by atoms with E-state index in [1.165, 1.54) is 0 Å². The molecule has 3 aromatic rings. The first-order chi connectivity index (χ1) is 12.7. The van der Waals surface area contributed by atoms with E-state index in [0.29, 0.717) is 36.1 Å². The van der Waals surface area contributed by atoms with E-state index in [-0.39, 0.29) is 5.56 Å². The van der Waals surface area contributed by atoms with Crippen molar-refractivity contribution in [2.45, 2.75) is 13.5 Å². The van der Waals surface area contributed by atoms with Gasteiger partial charge < -0.3 is 15.2 Å². The normalized spacial score (nSPS) is 10.3. The summed E-state index contributed by atoms with van der Waals surface area (Å²) in [4.78, 5) is 20.2. The Kier molecular flexibility index (Phi) is 5.43. The zero-order valence-electron chi connectivity index (χ0n) is 14.3. The maximum atomic E-state index is 11.5. The second kappa shape index (κ2) is 8.11. The molecule has 3 rings (SSSR count). The van der Waals surface area contributed by atoms with Gasteiger partial charge in [-0.05, 0) is 36.8 Å². The van der Waals surface area contributed by atoms with Crippen molar-refractivity contribution in [2.75, 3.05) is 11.9 Å². The number of rotatable bonds is 7. The van der Waals surface area contributed by atoms with Gasteiger partial charge in [-0.3, -0.25) is 0 Å². The quantitative estimate of drug-likeness (QED) is 0.674. The molecule has 2 aromatic carbocycles. The van der Waals surface area contributed by atoms with Crippen molar-refractivity contribution in [3.05, 3.63) is 71.9 Å². The number of hydrogen-bond acceptors (Lipinski definition) is 5. The van der Waals surface area contributed by atoms with Crippen LogP contribution in [-0.2, 0) is 6.54 Å². The Morgan fingerprint density at radius 2 is 1.96 bits per heavy atom. The highest BCUT2D eigenvalue weighted by Crippen LogP contribution is 2.26. The Balaban J connectivity index is 1.83. The minimum absolute atomic E-state index is 0.113. The van der Waals surface area contributed by atoms with Gasteiger partial charge in [-0.1, -0.05) is 30.3 Å². The standard InChI is InChI=1S/C20H19N3O3/c1-2-26-18-9-8-15(12-16(18)19(24)25)17-10-11-21-20(23-17)22-13-14-6-4-3-5-7-14/h3-12H,2,13H2,1H3,(H,24,25)(H,21,22,23). The maximum Gasteiger partial charge on any atom is 0.339 e. The molecule has 0 atom stereocenters. The summed E-state index contributed by atoms with van der Waals surface area (Å²) in [6.07, 6.45) is 1.65. The van der Waals surface area contributed by atoms with Crippen LogP contribution in [0.2, 0.25) is 0 Å². The molecule has 0 amide bonds. The van der Waals surface area contributed by atoms with E-state index in [0.717, 1.165) is 5.56 Å². The van der Waals surface area contributed by atoms with Gasteiger partial charge in [0.15, 0.2) is 0 Å². The van der Waals surface area contributed by atoms with Gasteiger partial charge in [0.25, 0.3) is 0 Å². The topological polar surface area (TPSA) is 84.3 Å². The van der Waals surface area contributed by atoms with Crippen molar-refractivity contribution in [3.8, 4) is 17.0 Å². The van der Waals surface area contributed by atoms with Crippen LogP contribution in [0.1, 0.15) is 22.8 Å². The summed E-state index contributed by atoms with van der Waals surface area (Å²) in [6, 6.07) is 16.7. The van der Waals surface area contributed by atoms with Gasteiger partial charge in [0.2, 0.25) is 5.95 Å². The van der Waals surface area contributed by atoms with E-state index in [1.807, 2.05) is 37.3 Å². The van der Waals surface area contributed by atoms with Crippen LogP contribution < -0.4 is 10.1 Å². The molecule has 0 unspecified atom stereocenters.